The highest BCUT2D eigenvalue weighted by molar-refractivity contribution is 6.15. The molecule has 0 saturated heterocycles. The molecule has 0 bridgehead atoms. The molecule has 5 nitrogen and oxygen atoms in total. The number of furan rings is 1. The molecular formula is C45H38N4O. The van der Waals surface area contributed by atoms with Gasteiger partial charge >= 0.3 is 0 Å². The Balaban J connectivity index is 1.27. The maximum atomic E-state index is 6.55. The second-order valence-corrected chi connectivity index (χ2v) is 14.2. The number of allylic oxidation sites excluding steroid dienone is 4. The first-order valence-electron chi connectivity index (χ1n) is 17.6. The zero-order valence-corrected chi connectivity index (χ0v) is 28.2. The fourth-order valence-electron chi connectivity index (χ4n) is 8.67. The lowest BCUT2D eigenvalue weighted by molar-refractivity contribution is 0.256. The van der Waals surface area contributed by atoms with Crippen LogP contribution >= 0.6 is 0 Å². The Morgan fingerprint density at radius 3 is 2.42 bits per heavy atom. The number of nitrogens with one attached hydrogen (secondary N) is 2. The van der Waals surface area contributed by atoms with E-state index in [1.54, 1.807) is 0 Å². The SMILES string of the molecule is C/C1=C\c2c(n(-c3ccccc3)c3ccccc23)CN(C2Nc3ccccc3C(C3(C)C=CC=CC3)N2)c2c1ccc1oc3ccccc3c21. The van der Waals surface area contributed by atoms with Gasteiger partial charge < -0.3 is 19.2 Å². The Hall–Kier alpha value is -5.78. The van der Waals surface area contributed by atoms with Crippen molar-refractivity contribution in [3.63, 3.8) is 0 Å². The van der Waals surface area contributed by atoms with Gasteiger partial charge in [-0.2, -0.15) is 0 Å². The van der Waals surface area contributed by atoms with E-state index < -0.39 is 0 Å². The molecule has 0 saturated carbocycles. The van der Waals surface area contributed by atoms with Gasteiger partial charge in [0.2, 0.25) is 0 Å². The van der Waals surface area contributed by atoms with Gasteiger partial charge in [0.1, 0.15) is 11.2 Å². The molecule has 3 atom stereocenters. The number of benzene rings is 5. The number of nitrogens with zero attached hydrogens (tertiary/aromatic N) is 2. The van der Waals surface area contributed by atoms with Gasteiger partial charge in [0.25, 0.3) is 0 Å². The van der Waals surface area contributed by atoms with Crippen LogP contribution in [-0.4, -0.2) is 10.9 Å². The molecule has 3 unspecified atom stereocenters. The number of para-hydroxylation sites is 4. The summed E-state index contributed by atoms with van der Waals surface area (Å²) < 4.78 is 9.01. The van der Waals surface area contributed by atoms with Crippen LogP contribution in [0.15, 0.2) is 144 Å². The Morgan fingerprint density at radius 1 is 0.780 bits per heavy atom. The summed E-state index contributed by atoms with van der Waals surface area (Å²) in [5.74, 6) is 0. The third-order valence-electron chi connectivity index (χ3n) is 11.1. The summed E-state index contributed by atoms with van der Waals surface area (Å²) in [6, 6.07) is 41.4. The highest BCUT2D eigenvalue weighted by Crippen LogP contribution is 2.49. The molecule has 5 heteroatoms. The van der Waals surface area contributed by atoms with Crippen molar-refractivity contribution in [2.45, 2.75) is 39.1 Å². The number of hydrogen-bond acceptors (Lipinski definition) is 4. The van der Waals surface area contributed by atoms with Crippen molar-refractivity contribution in [2.75, 3.05) is 10.2 Å². The molecule has 3 aliphatic rings. The normalized spacial score (nSPS) is 22.4. The van der Waals surface area contributed by atoms with Crippen LogP contribution in [0.3, 0.4) is 0 Å². The van der Waals surface area contributed by atoms with Gasteiger partial charge in [0, 0.05) is 44.7 Å². The first-order chi connectivity index (χ1) is 24.6. The van der Waals surface area contributed by atoms with Crippen LogP contribution in [0.5, 0.6) is 0 Å². The van der Waals surface area contributed by atoms with Crippen molar-refractivity contribution >= 4 is 55.9 Å². The minimum atomic E-state index is -0.231. The molecule has 4 heterocycles. The van der Waals surface area contributed by atoms with Crippen molar-refractivity contribution in [3.8, 4) is 5.69 Å². The van der Waals surface area contributed by atoms with Crippen molar-refractivity contribution in [1.29, 1.82) is 0 Å². The van der Waals surface area contributed by atoms with Crippen molar-refractivity contribution in [1.82, 2.24) is 9.88 Å². The van der Waals surface area contributed by atoms with Crippen LogP contribution < -0.4 is 15.5 Å². The quantitative estimate of drug-likeness (QED) is 0.200. The van der Waals surface area contributed by atoms with E-state index in [9.17, 15) is 0 Å². The Morgan fingerprint density at radius 2 is 1.56 bits per heavy atom. The van der Waals surface area contributed by atoms with E-state index in [1.165, 1.54) is 44.5 Å². The lowest BCUT2D eigenvalue weighted by Gasteiger charge is -2.48. The molecular weight excluding hydrogens is 613 g/mol. The summed E-state index contributed by atoms with van der Waals surface area (Å²) in [5.41, 5.74) is 12.6. The summed E-state index contributed by atoms with van der Waals surface area (Å²) in [5, 5.41) is 11.7. The monoisotopic (exact) mass is 650 g/mol. The van der Waals surface area contributed by atoms with E-state index in [1.807, 2.05) is 0 Å². The third-order valence-corrected chi connectivity index (χ3v) is 11.1. The van der Waals surface area contributed by atoms with E-state index >= 15 is 0 Å². The minimum absolute atomic E-state index is 0.0800. The lowest BCUT2D eigenvalue weighted by atomic mass is 9.73. The Kier molecular flexibility index (Phi) is 6.49. The smallest absolute Gasteiger partial charge is 0.156 e. The largest absolute Gasteiger partial charge is 0.456 e. The molecule has 2 aliphatic heterocycles. The summed E-state index contributed by atoms with van der Waals surface area (Å²) in [6.45, 7) is 5.29. The molecule has 10 rings (SSSR count). The van der Waals surface area contributed by atoms with Gasteiger partial charge in [0.15, 0.2) is 6.29 Å². The average molecular weight is 651 g/mol. The molecule has 0 amide bonds. The second kappa shape index (κ2) is 11.1. The molecule has 50 heavy (non-hydrogen) atoms. The molecule has 1 aliphatic carbocycles. The van der Waals surface area contributed by atoms with E-state index in [-0.39, 0.29) is 17.7 Å². The average Bonchev–Trinajstić information content (AvgIpc) is 3.68. The topological polar surface area (TPSA) is 45.4 Å². The number of aromatic nitrogens is 1. The van der Waals surface area contributed by atoms with Crippen LogP contribution in [0.2, 0.25) is 0 Å². The maximum Gasteiger partial charge on any atom is 0.156 e. The summed E-state index contributed by atoms with van der Waals surface area (Å²) in [7, 11) is 0. The Labute approximate surface area is 291 Å². The predicted octanol–water partition coefficient (Wildman–Crippen LogP) is 11.0. The maximum absolute atomic E-state index is 6.55. The van der Waals surface area contributed by atoms with Gasteiger partial charge in [-0.05, 0) is 73.0 Å². The van der Waals surface area contributed by atoms with Crippen LogP contribution in [0.4, 0.5) is 11.4 Å². The number of fused-ring (bicyclic) bond motifs is 9. The van der Waals surface area contributed by atoms with Crippen molar-refractivity contribution in [2.24, 2.45) is 5.41 Å². The highest BCUT2D eigenvalue weighted by Gasteiger charge is 2.41. The van der Waals surface area contributed by atoms with Crippen LogP contribution in [-0.2, 0) is 6.54 Å². The highest BCUT2D eigenvalue weighted by atomic mass is 16.3. The Bertz CT molecular complexity index is 2550. The number of rotatable bonds is 3. The predicted molar refractivity (Wildman–Crippen MR) is 207 cm³/mol. The molecule has 0 radical (unpaired) electrons. The van der Waals surface area contributed by atoms with Gasteiger partial charge in [0.05, 0.1) is 28.8 Å². The number of anilines is 2. The van der Waals surface area contributed by atoms with Crippen LogP contribution in [0.1, 0.15) is 48.7 Å². The first kappa shape index (κ1) is 29.2. The van der Waals surface area contributed by atoms with Gasteiger partial charge in [-0.1, -0.05) is 104 Å². The fourth-order valence-corrected chi connectivity index (χ4v) is 8.67. The minimum Gasteiger partial charge on any atom is -0.456 e. The van der Waals surface area contributed by atoms with Crippen LogP contribution in [0, 0.1) is 5.41 Å². The molecule has 2 aromatic heterocycles. The van der Waals surface area contributed by atoms with Crippen LogP contribution in [0.25, 0.3) is 50.2 Å². The van der Waals surface area contributed by atoms with E-state index in [0.29, 0.717) is 6.54 Å². The van der Waals surface area contributed by atoms with E-state index in [0.717, 1.165) is 39.7 Å². The lowest BCUT2D eigenvalue weighted by Crippen LogP contribution is -2.57. The van der Waals surface area contributed by atoms with E-state index in [4.69, 9.17) is 4.42 Å². The van der Waals surface area contributed by atoms with E-state index in [2.05, 4.69) is 180 Å². The number of hydrogen-bond donors (Lipinski definition) is 2. The molecule has 0 fully saturated rings. The summed E-state index contributed by atoms with van der Waals surface area (Å²) in [6.07, 6.45) is 12.2. The van der Waals surface area contributed by atoms with Crippen molar-refractivity contribution in [3.05, 3.63) is 162 Å². The van der Waals surface area contributed by atoms with Gasteiger partial charge in [-0.15, -0.1) is 0 Å². The van der Waals surface area contributed by atoms with Crippen molar-refractivity contribution < 1.29 is 4.42 Å². The first-order valence-corrected chi connectivity index (χ1v) is 17.6. The summed E-state index contributed by atoms with van der Waals surface area (Å²) in [4.78, 5) is 2.57. The fraction of sp³-hybridized carbons (Fsp3) is 0.156. The second-order valence-electron chi connectivity index (χ2n) is 14.2. The zero-order valence-electron chi connectivity index (χ0n) is 28.2. The van der Waals surface area contributed by atoms with Gasteiger partial charge in [-0.3, -0.25) is 5.32 Å². The molecule has 7 aromatic rings. The third kappa shape index (κ3) is 4.36. The zero-order chi connectivity index (χ0) is 33.4. The summed E-state index contributed by atoms with van der Waals surface area (Å²) >= 11 is 0. The standard InChI is InChI=1S/C45H38N4O/c1-29-27-35-32-17-8-11-21-37(32)49(30-15-5-3-6-16-30)38(35)28-48(42-31(29)23-24-40-41(42)34-19-9-12-22-39(34)50-40)44-46-36-20-10-7-18-33(36)43(47-44)45(2)25-13-4-14-26-45/h3-25,27,43-44,46-47H,26,28H2,1-2H3/b29-27+. The molecule has 0 spiro atoms. The molecule has 244 valence electrons. The molecule has 5 aromatic carbocycles. The van der Waals surface area contributed by atoms with Gasteiger partial charge in [-0.25, -0.2) is 0 Å². The molecule has 2 N–H and O–H groups in total.